The summed E-state index contributed by atoms with van der Waals surface area (Å²) in [5, 5.41) is 18.7. The van der Waals surface area contributed by atoms with Crippen LogP contribution in [0.4, 0.5) is 0 Å². The van der Waals surface area contributed by atoms with Crippen LogP contribution in [0.3, 0.4) is 0 Å². The van der Waals surface area contributed by atoms with E-state index in [1.165, 1.54) is 0 Å². The molecular weight excluding hydrogens is 182 g/mol. The lowest BCUT2D eigenvalue weighted by Crippen LogP contribution is -2.52. The first-order chi connectivity index (χ1) is 5.89. The van der Waals surface area contributed by atoms with Crippen LogP contribution in [0.25, 0.3) is 0 Å². The van der Waals surface area contributed by atoms with Gasteiger partial charge in [0.1, 0.15) is 25.3 Å². The van der Waals surface area contributed by atoms with Crippen molar-refractivity contribution in [3.63, 3.8) is 0 Å². The minimum Gasteiger partial charge on any atom is -0.870 e. The summed E-state index contributed by atoms with van der Waals surface area (Å²) in [6, 6.07) is 0. The van der Waals surface area contributed by atoms with Crippen molar-refractivity contribution in [2.75, 3.05) is 26.7 Å². The second kappa shape index (κ2) is 7.17. The van der Waals surface area contributed by atoms with Crippen LogP contribution < -0.4 is 0 Å². The van der Waals surface area contributed by atoms with Crippen molar-refractivity contribution >= 4 is 0 Å². The van der Waals surface area contributed by atoms with Crippen molar-refractivity contribution in [1.29, 1.82) is 0 Å². The fraction of sp³-hybridized carbons (Fsp3) is 1.00. The highest BCUT2D eigenvalue weighted by atomic mass is 16.3. The Morgan fingerprint density at radius 1 is 1.07 bits per heavy atom. The second-order valence-corrected chi connectivity index (χ2v) is 4.41. The summed E-state index contributed by atoms with van der Waals surface area (Å²) in [4.78, 5) is 0. The molecule has 0 fully saturated rings. The van der Waals surface area contributed by atoms with E-state index in [1.807, 2.05) is 0 Å². The molecule has 0 spiro atoms. The Labute approximate surface area is 87.1 Å². The summed E-state index contributed by atoms with van der Waals surface area (Å²) in [6.45, 7) is 8.18. The van der Waals surface area contributed by atoms with Gasteiger partial charge in [0.2, 0.25) is 0 Å². The summed E-state index contributed by atoms with van der Waals surface area (Å²) in [6.07, 6.45) is 0.487. The predicted octanol–water partition coefficient (Wildman–Crippen LogP) is 0.428. The maximum Gasteiger partial charge on any atom is 0.105 e. The summed E-state index contributed by atoms with van der Waals surface area (Å²) in [5.41, 5.74) is 0. The number of aliphatic hydroxyl groups excluding tert-OH is 2. The molecule has 4 nitrogen and oxygen atoms in total. The molecule has 0 radical (unpaired) electrons. The quantitative estimate of drug-likeness (QED) is 0.620. The maximum absolute atomic E-state index is 9.33. The van der Waals surface area contributed by atoms with Gasteiger partial charge in [-0.15, -0.1) is 0 Å². The van der Waals surface area contributed by atoms with Crippen LogP contribution >= 0.6 is 0 Å². The molecule has 88 valence electrons. The third kappa shape index (κ3) is 7.26. The summed E-state index contributed by atoms with van der Waals surface area (Å²) < 4.78 is 0.756. The number of hydrogen-bond donors (Lipinski definition) is 2. The fourth-order valence-electron chi connectivity index (χ4n) is 2.07. The second-order valence-electron chi connectivity index (χ2n) is 4.41. The van der Waals surface area contributed by atoms with Crippen LogP contribution in [0.15, 0.2) is 0 Å². The lowest BCUT2D eigenvalue weighted by atomic mass is 10.2. The van der Waals surface area contributed by atoms with Gasteiger partial charge in [0, 0.05) is 0 Å². The Morgan fingerprint density at radius 2 is 1.43 bits per heavy atom. The van der Waals surface area contributed by atoms with Gasteiger partial charge >= 0.3 is 0 Å². The number of quaternary nitrogens is 1. The van der Waals surface area contributed by atoms with Crippen LogP contribution in [-0.4, -0.2) is 59.1 Å². The van der Waals surface area contributed by atoms with E-state index in [0.29, 0.717) is 0 Å². The highest BCUT2D eigenvalue weighted by molar-refractivity contribution is 4.50. The molecule has 2 unspecified atom stereocenters. The van der Waals surface area contributed by atoms with Crippen molar-refractivity contribution in [2.45, 2.75) is 39.4 Å². The van der Waals surface area contributed by atoms with Crippen LogP contribution in [-0.2, 0) is 0 Å². The maximum atomic E-state index is 9.33. The Hall–Kier alpha value is -0.160. The molecule has 4 heteroatoms. The molecule has 0 bridgehead atoms. The van der Waals surface area contributed by atoms with Gasteiger partial charge in [0.05, 0.1) is 13.6 Å². The third-order valence-electron chi connectivity index (χ3n) is 2.17. The monoisotopic (exact) mass is 207 g/mol. The van der Waals surface area contributed by atoms with Gasteiger partial charge in [-0.25, -0.2) is 0 Å². The average molecular weight is 207 g/mol. The Balaban J connectivity index is 0. The van der Waals surface area contributed by atoms with Crippen molar-refractivity contribution in [2.24, 2.45) is 0 Å². The zero-order valence-electron chi connectivity index (χ0n) is 9.77. The van der Waals surface area contributed by atoms with Crippen LogP contribution in [0, 0.1) is 0 Å². The predicted molar refractivity (Wildman–Crippen MR) is 56.4 cm³/mol. The Morgan fingerprint density at radius 3 is 1.64 bits per heavy atom. The molecule has 14 heavy (non-hydrogen) atoms. The number of likely N-dealkylation sites (N-methyl/N-ethyl adjacent to an activating group) is 1. The average Bonchev–Trinajstić information content (AvgIpc) is 1.81. The molecule has 0 aromatic rings. The Kier molecular flexibility index (Phi) is 8.34. The van der Waals surface area contributed by atoms with Gasteiger partial charge in [0.25, 0.3) is 0 Å². The summed E-state index contributed by atoms with van der Waals surface area (Å²) in [5.74, 6) is 0. The van der Waals surface area contributed by atoms with Crippen molar-refractivity contribution in [3.8, 4) is 0 Å². The van der Waals surface area contributed by atoms with E-state index in [9.17, 15) is 10.2 Å². The molecule has 0 heterocycles. The minimum absolute atomic E-state index is 0. The van der Waals surface area contributed by atoms with Crippen molar-refractivity contribution in [3.05, 3.63) is 0 Å². The minimum atomic E-state index is -0.296. The molecule has 0 aliphatic rings. The lowest BCUT2D eigenvalue weighted by Gasteiger charge is -2.36. The number of rotatable bonds is 6. The molecular formula is C10H25NO3. The molecule has 2 atom stereocenters. The molecule has 0 aromatic carbocycles. The molecule has 0 aliphatic heterocycles. The third-order valence-corrected chi connectivity index (χ3v) is 2.17. The van der Waals surface area contributed by atoms with Gasteiger partial charge in [-0.3, -0.25) is 0 Å². The van der Waals surface area contributed by atoms with Crippen LogP contribution in [0.1, 0.15) is 27.2 Å². The fourth-order valence-corrected chi connectivity index (χ4v) is 2.07. The Bertz CT molecular complexity index is 127. The topological polar surface area (TPSA) is 70.5 Å². The summed E-state index contributed by atoms with van der Waals surface area (Å²) >= 11 is 0. The smallest absolute Gasteiger partial charge is 0.105 e. The standard InChI is InChI=1S/C10H24NO2.H2O/c1-5-6-11(4,7-9(2)12)8-10(3)13;/h9-10,12-13H,5-8H2,1-4H3;1H2/q+1;/p-1. The summed E-state index contributed by atoms with van der Waals surface area (Å²) in [7, 11) is 2.09. The largest absolute Gasteiger partial charge is 0.870 e. The van der Waals surface area contributed by atoms with E-state index in [2.05, 4.69) is 14.0 Å². The molecule has 0 amide bonds. The SMILES string of the molecule is CCC[N+](C)(CC(C)O)CC(C)O.[OH-]. The number of nitrogens with zero attached hydrogens (tertiary/aromatic N) is 1. The van der Waals surface area contributed by atoms with E-state index < -0.39 is 0 Å². The first kappa shape index (κ1) is 16.3. The van der Waals surface area contributed by atoms with Gasteiger partial charge in [-0.05, 0) is 20.3 Å². The lowest BCUT2D eigenvalue weighted by molar-refractivity contribution is -0.914. The van der Waals surface area contributed by atoms with Crippen LogP contribution in [0.2, 0.25) is 0 Å². The van der Waals surface area contributed by atoms with Crippen molar-refractivity contribution < 1.29 is 20.2 Å². The first-order valence-corrected chi connectivity index (χ1v) is 5.09. The van der Waals surface area contributed by atoms with E-state index in [4.69, 9.17) is 0 Å². The van der Waals surface area contributed by atoms with Crippen LogP contribution in [0.5, 0.6) is 0 Å². The van der Waals surface area contributed by atoms with Crippen molar-refractivity contribution in [1.82, 2.24) is 0 Å². The molecule has 0 saturated heterocycles. The first-order valence-electron chi connectivity index (χ1n) is 5.09. The van der Waals surface area contributed by atoms with Gasteiger partial charge in [0.15, 0.2) is 0 Å². The van der Waals surface area contributed by atoms with Gasteiger partial charge < -0.3 is 20.2 Å². The van der Waals surface area contributed by atoms with E-state index in [0.717, 1.165) is 30.5 Å². The molecule has 0 aliphatic carbocycles. The highest BCUT2D eigenvalue weighted by Crippen LogP contribution is 2.07. The zero-order chi connectivity index (χ0) is 10.5. The molecule has 0 rings (SSSR count). The number of aliphatic hydroxyl groups is 2. The zero-order valence-corrected chi connectivity index (χ0v) is 9.77. The molecule has 3 N–H and O–H groups in total. The van der Waals surface area contributed by atoms with E-state index in [-0.39, 0.29) is 17.7 Å². The van der Waals surface area contributed by atoms with Gasteiger partial charge in [-0.1, -0.05) is 6.92 Å². The normalized spacial score (nSPS) is 19.3. The number of hydrogen-bond acceptors (Lipinski definition) is 3. The van der Waals surface area contributed by atoms with E-state index >= 15 is 0 Å². The molecule has 0 aromatic heterocycles. The molecule has 0 saturated carbocycles. The van der Waals surface area contributed by atoms with E-state index in [1.54, 1.807) is 13.8 Å². The van der Waals surface area contributed by atoms with Gasteiger partial charge in [-0.2, -0.15) is 0 Å². The highest BCUT2D eigenvalue weighted by Gasteiger charge is 2.24.